The van der Waals surface area contributed by atoms with Gasteiger partial charge in [0.05, 0.1) is 11.3 Å². The molecule has 0 heterocycles. The van der Waals surface area contributed by atoms with Gasteiger partial charge in [0, 0.05) is 0 Å². The zero-order valence-corrected chi connectivity index (χ0v) is 9.19. The molecule has 86 valence electrons. The largest absolute Gasteiger partial charge is 0.481 e. The standard InChI is InChI=1S/C11H18O4/c1-7(2)11(10(14)15)6-4-3-5-8(11)9(12)13/h7-8H,3-6H2,1-2H3,(H,12,13)(H,14,15). The molecule has 4 nitrogen and oxygen atoms in total. The highest BCUT2D eigenvalue weighted by atomic mass is 16.4. The maximum absolute atomic E-state index is 11.4. The lowest BCUT2D eigenvalue weighted by Gasteiger charge is -2.41. The molecule has 0 aromatic rings. The molecule has 15 heavy (non-hydrogen) atoms. The summed E-state index contributed by atoms with van der Waals surface area (Å²) in [6.07, 6.45) is 2.60. The van der Waals surface area contributed by atoms with Crippen molar-refractivity contribution in [3.05, 3.63) is 0 Å². The van der Waals surface area contributed by atoms with Crippen LogP contribution in [-0.4, -0.2) is 22.2 Å². The molecule has 0 amide bonds. The molecule has 0 radical (unpaired) electrons. The van der Waals surface area contributed by atoms with E-state index in [2.05, 4.69) is 0 Å². The summed E-state index contributed by atoms with van der Waals surface area (Å²) in [7, 11) is 0. The lowest BCUT2D eigenvalue weighted by atomic mass is 9.60. The van der Waals surface area contributed by atoms with Gasteiger partial charge in [0.1, 0.15) is 0 Å². The van der Waals surface area contributed by atoms with Crippen LogP contribution in [0.3, 0.4) is 0 Å². The van der Waals surface area contributed by atoms with Crippen molar-refractivity contribution in [1.82, 2.24) is 0 Å². The second-order valence-corrected chi connectivity index (χ2v) is 4.64. The second-order valence-electron chi connectivity index (χ2n) is 4.64. The average molecular weight is 214 g/mol. The van der Waals surface area contributed by atoms with Crippen LogP contribution in [0.1, 0.15) is 39.5 Å². The van der Waals surface area contributed by atoms with Crippen LogP contribution in [0, 0.1) is 17.3 Å². The van der Waals surface area contributed by atoms with Crippen molar-refractivity contribution in [2.75, 3.05) is 0 Å². The summed E-state index contributed by atoms with van der Waals surface area (Å²) in [5, 5.41) is 18.4. The first kappa shape index (κ1) is 12.0. The summed E-state index contributed by atoms with van der Waals surface area (Å²) in [5.74, 6) is -2.80. The molecular formula is C11H18O4. The van der Waals surface area contributed by atoms with Crippen LogP contribution in [-0.2, 0) is 9.59 Å². The lowest BCUT2D eigenvalue weighted by Crippen LogP contribution is -2.48. The van der Waals surface area contributed by atoms with Crippen molar-refractivity contribution < 1.29 is 19.8 Å². The summed E-state index contributed by atoms with van der Waals surface area (Å²) >= 11 is 0. The third-order valence-corrected chi connectivity index (χ3v) is 3.68. The van der Waals surface area contributed by atoms with E-state index in [4.69, 9.17) is 5.11 Å². The summed E-state index contributed by atoms with van der Waals surface area (Å²) in [4.78, 5) is 22.5. The van der Waals surface area contributed by atoms with Gasteiger partial charge in [0.25, 0.3) is 0 Å². The Balaban J connectivity index is 3.10. The number of carboxylic acids is 2. The molecule has 1 fully saturated rings. The maximum atomic E-state index is 11.4. The minimum Gasteiger partial charge on any atom is -0.481 e. The molecule has 0 aromatic carbocycles. The molecule has 1 aliphatic rings. The minimum absolute atomic E-state index is 0.142. The maximum Gasteiger partial charge on any atom is 0.310 e. The monoisotopic (exact) mass is 214 g/mol. The fourth-order valence-corrected chi connectivity index (χ4v) is 2.74. The normalized spacial score (nSPS) is 31.5. The van der Waals surface area contributed by atoms with E-state index in [9.17, 15) is 14.7 Å². The van der Waals surface area contributed by atoms with E-state index in [-0.39, 0.29) is 5.92 Å². The van der Waals surface area contributed by atoms with Crippen molar-refractivity contribution in [2.45, 2.75) is 39.5 Å². The summed E-state index contributed by atoms with van der Waals surface area (Å²) in [6.45, 7) is 3.60. The van der Waals surface area contributed by atoms with Gasteiger partial charge in [-0.15, -0.1) is 0 Å². The zero-order valence-electron chi connectivity index (χ0n) is 9.19. The molecular weight excluding hydrogens is 196 g/mol. The highest BCUT2D eigenvalue weighted by molar-refractivity contribution is 5.84. The van der Waals surface area contributed by atoms with Crippen LogP contribution in [0.2, 0.25) is 0 Å². The number of carboxylic acid groups (broad SMARTS) is 2. The zero-order chi connectivity index (χ0) is 11.6. The molecule has 1 rings (SSSR count). The highest BCUT2D eigenvalue weighted by Gasteiger charge is 2.52. The quantitative estimate of drug-likeness (QED) is 0.753. The SMILES string of the molecule is CC(C)C1(C(=O)O)CCCCC1C(=O)O. The second kappa shape index (κ2) is 4.21. The van der Waals surface area contributed by atoms with Gasteiger partial charge in [-0.25, -0.2) is 0 Å². The fraction of sp³-hybridized carbons (Fsp3) is 0.818. The third-order valence-electron chi connectivity index (χ3n) is 3.68. The Bertz CT molecular complexity index is 272. The minimum atomic E-state index is -1.07. The van der Waals surface area contributed by atoms with Gasteiger partial charge in [0.2, 0.25) is 0 Å². The van der Waals surface area contributed by atoms with Crippen molar-refractivity contribution in [3.8, 4) is 0 Å². The van der Waals surface area contributed by atoms with E-state index in [1.807, 2.05) is 0 Å². The van der Waals surface area contributed by atoms with Crippen molar-refractivity contribution in [1.29, 1.82) is 0 Å². The topological polar surface area (TPSA) is 74.6 Å². The first-order valence-electron chi connectivity index (χ1n) is 5.39. The molecule has 0 bridgehead atoms. The van der Waals surface area contributed by atoms with Crippen molar-refractivity contribution >= 4 is 11.9 Å². The van der Waals surface area contributed by atoms with E-state index in [0.717, 1.165) is 12.8 Å². The molecule has 1 aliphatic carbocycles. The molecule has 0 aliphatic heterocycles. The predicted molar refractivity (Wildman–Crippen MR) is 54.5 cm³/mol. The van der Waals surface area contributed by atoms with Gasteiger partial charge >= 0.3 is 11.9 Å². The van der Waals surface area contributed by atoms with Crippen LogP contribution < -0.4 is 0 Å². The number of hydrogen-bond acceptors (Lipinski definition) is 2. The average Bonchev–Trinajstić information content (AvgIpc) is 2.16. The molecule has 2 atom stereocenters. The molecule has 2 N–H and O–H groups in total. The smallest absolute Gasteiger partial charge is 0.310 e. The van der Waals surface area contributed by atoms with Gasteiger partial charge in [-0.1, -0.05) is 26.7 Å². The molecule has 1 saturated carbocycles. The highest BCUT2D eigenvalue weighted by Crippen LogP contribution is 2.47. The number of hydrogen-bond donors (Lipinski definition) is 2. The number of rotatable bonds is 3. The summed E-state index contributed by atoms with van der Waals surface area (Å²) in [6, 6.07) is 0. The Hall–Kier alpha value is -1.06. The van der Waals surface area contributed by atoms with Gasteiger partial charge < -0.3 is 10.2 Å². The molecule has 0 aromatic heterocycles. The summed E-state index contributed by atoms with van der Waals surface area (Å²) in [5.41, 5.74) is -1.07. The first-order valence-corrected chi connectivity index (χ1v) is 5.39. The summed E-state index contributed by atoms with van der Waals surface area (Å²) < 4.78 is 0. The van der Waals surface area contributed by atoms with Crippen molar-refractivity contribution in [2.24, 2.45) is 17.3 Å². The molecule has 0 saturated heterocycles. The Kier molecular flexibility index (Phi) is 3.37. The fourth-order valence-electron chi connectivity index (χ4n) is 2.74. The Morgan fingerprint density at radius 3 is 2.20 bits per heavy atom. The van der Waals surface area contributed by atoms with E-state index >= 15 is 0 Å². The lowest BCUT2D eigenvalue weighted by molar-refractivity contribution is -0.170. The third kappa shape index (κ3) is 1.85. The van der Waals surface area contributed by atoms with E-state index in [1.54, 1.807) is 13.8 Å². The van der Waals surface area contributed by atoms with Gasteiger partial charge in [-0.2, -0.15) is 0 Å². The number of aliphatic carboxylic acids is 2. The molecule has 4 heteroatoms. The number of carbonyl (C=O) groups is 2. The molecule has 0 spiro atoms. The van der Waals surface area contributed by atoms with Crippen LogP contribution in [0.5, 0.6) is 0 Å². The van der Waals surface area contributed by atoms with Gasteiger partial charge in [-0.3, -0.25) is 9.59 Å². The van der Waals surface area contributed by atoms with Crippen molar-refractivity contribution in [3.63, 3.8) is 0 Å². The van der Waals surface area contributed by atoms with Gasteiger partial charge in [0.15, 0.2) is 0 Å². The van der Waals surface area contributed by atoms with Gasteiger partial charge in [-0.05, 0) is 18.8 Å². The van der Waals surface area contributed by atoms with E-state index < -0.39 is 23.3 Å². The Morgan fingerprint density at radius 1 is 1.27 bits per heavy atom. The molecule has 2 unspecified atom stereocenters. The van der Waals surface area contributed by atoms with E-state index in [0.29, 0.717) is 12.8 Å². The Morgan fingerprint density at radius 2 is 1.87 bits per heavy atom. The van der Waals surface area contributed by atoms with Crippen LogP contribution in [0.4, 0.5) is 0 Å². The van der Waals surface area contributed by atoms with Crippen LogP contribution in [0.25, 0.3) is 0 Å². The van der Waals surface area contributed by atoms with Crippen LogP contribution >= 0.6 is 0 Å². The van der Waals surface area contributed by atoms with Crippen LogP contribution in [0.15, 0.2) is 0 Å². The Labute approximate surface area is 89.3 Å². The van der Waals surface area contributed by atoms with E-state index in [1.165, 1.54) is 0 Å². The first-order chi connectivity index (χ1) is 6.93. The predicted octanol–water partition coefficient (Wildman–Crippen LogP) is 1.99.